The summed E-state index contributed by atoms with van der Waals surface area (Å²) in [7, 11) is -3.39. The second-order valence-corrected chi connectivity index (χ2v) is 6.12. The van der Waals surface area contributed by atoms with E-state index in [1.807, 2.05) is 19.1 Å². The summed E-state index contributed by atoms with van der Waals surface area (Å²) in [6.45, 7) is 2.93. The Morgan fingerprint density at radius 1 is 1.15 bits per heavy atom. The first-order valence-corrected chi connectivity index (χ1v) is 7.96. The van der Waals surface area contributed by atoms with Crippen molar-refractivity contribution in [2.75, 3.05) is 11.9 Å². The van der Waals surface area contributed by atoms with Crippen molar-refractivity contribution in [2.45, 2.75) is 24.8 Å². The molecule has 1 heterocycles. The molecule has 1 aromatic heterocycles. The quantitative estimate of drug-likeness (QED) is 0.823. The van der Waals surface area contributed by atoms with Crippen molar-refractivity contribution in [1.82, 2.24) is 4.72 Å². The molecule has 108 valence electrons. The maximum absolute atomic E-state index is 11.9. The third-order valence-electron chi connectivity index (χ3n) is 2.75. The molecule has 20 heavy (non-hydrogen) atoms. The summed E-state index contributed by atoms with van der Waals surface area (Å²) in [6, 6.07) is 10.4. The predicted molar refractivity (Wildman–Crippen MR) is 78.0 cm³/mol. The van der Waals surface area contributed by atoms with E-state index in [4.69, 9.17) is 4.42 Å². The van der Waals surface area contributed by atoms with Gasteiger partial charge < -0.3 is 9.73 Å². The summed E-state index contributed by atoms with van der Waals surface area (Å²) in [4.78, 5) is 0.273. The molecule has 2 N–H and O–H groups in total. The Morgan fingerprint density at radius 3 is 2.50 bits per heavy atom. The maximum Gasteiger partial charge on any atom is 0.240 e. The number of sulfonamides is 1. The van der Waals surface area contributed by atoms with Crippen molar-refractivity contribution in [2.24, 2.45) is 0 Å². The average molecular weight is 294 g/mol. The Hall–Kier alpha value is -1.79. The van der Waals surface area contributed by atoms with Crippen LogP contribution in [-0.4, -0.2) is 15.0 Å². The smallest absolute Gasteiger partial charge is 0.240 e. The van der Waals surface area contributed by atoms with Crippen LogP contribution in [0.5, 0.6) is 0 Å². The lowest BCUT2D eigenvalue weighted by molar-refractivity contribution is 0.518. The molecule has 5 nitrogen and oxygen atoms in total. The lowest BCUT2D eigenvalue weighted by atomic mass is 10.3. The monoisotopic (exact) mass is 294 g/mol. The van der Waals surface area contributed by atoms with Gasteiger partial charge in [-0.05, 0) is 42.8 Å². The fourth-order valence-electron chi connectivity index (χ4n) is 1.67. The van der Waals surface area contributed by atoms with E-state index < -0.39 is 10.0 Å². The summed E-state index contributed by atoms with van der Waals surface area (Å²) in [5.41, 5.74) is 0.843. The standard InChI is InChI=1S/C14H18N2O3S/c1-2-9-16-20(17,18)14-7-5-12(6-8-14)15-11-13-4-3-10-19-13/h3-8,10,15-16H,2,9,11H2,1H3. The van der Waals surface area contributed by atoms with E-state index in [0.717, 1.165) is 17.9 Å². The molecular weight excluding hydrogens is 276 g/mol. The van der Waals surface area contributed by atoms with Gasteiger partial charge in [0.15, 0.2) is 0 Å². The van der Waals surface area contributed by atoms with Gasteiger partial charge in [-0.15, -0.1) is 0 Å². The van der Waals surface area contributed by atoms with Gasteiger partial charge >= 0.3 is 0 Å². The number of hydrogen-bond donors (Lipinski definition) is 2. The van der Waals surface area contributed by atoms with E-state index in [1.165, 1.54) is 0 Å². The molecule has 0 saturated carbocycles. The van der Waals surface area contributed by atoms with Gasteiger partial charge in [-0.1, -0.05) is 6.92 Å². The summed E-state index contributed by atoms with van der Waals surface area (Å²) in [5.74, 6) is 0.825. The van der Waals surface area contributed by atoms with Crippen molar-refractivity contribution in [1.29, 1.82) is 0 Å². The summed E-state index contributed by atoms with van der Waals surface area (Å²) < 4.78 is 31.5. The van der Waals surface area contributed by atoms with Gasteiger partial charge in [-0.2, -0.15) is 0 Å². The molecule has 0 aliphatic carbocycles. The molecule has 6 heteroatoms. The molecule has 0 saturated heterocycles. The summed E-state index contributed by atoms with van der Waals surface area (Å²) in [6.07, 6.45) is 2.38. The molecule has 0 aliphatic heterocycles. The minimum Gasteiger partial charge on any atom is -0.467 e. The SMILES string of the molecule is CCCNS(=O)(=O)c1ccc(NCc2ccco2)cc1. The third kappa shape index (κ3) is 3.85. The zero-order chi connectivity index (χ0) is 14.4. The summed E-state index contributed by atoms with van der Waals surface area (Å²) >= 11 is 0. The number of nitrogens with one attached hydrogen (secondary N) is 2. The fourth-order valence-corrected chi connectivity index (χ4v) is 2.81. The van der Waals surface area contributed by atoms with E-state index in [-0.39, 0.29) is 4.90 Å². The molecule has 0 spiro atoms. The molecule has 0 aliphatic rings. The van der Waals surface area contributed by atoms with Crippen LogP contribution in [0.2, 0.25) is 0 Å². The molecule has 0 unspecified atom stereocenters. The van der Waals surface area contributed by atoms with Crippen molar-refractivity contribution in [3.05, 3.63) is 48.4 Å². The van der Waals surface area contributed by atoms with Gasteiger partial charge in [-0.3, -0.25) is 0 Å². The highest BCUT2D eigenvalue weighted by atomic mass is 32.2. The van der Waals surface area contributed by atoms with Crippen LogP contribution in [-0.2, 0) is 16.6 Å². The van der Waals surface area contributed by atoms with E-state index in [2.05, 4.69) is 10.0 Å². The van der Waals surface area contributed by atoms with Gasteiger partial charge in [0.25, 0.3) is 0 Å². The van der Waals surface area contributed by atoms with Crippen LogP contribution in [0.3, 0.4) is 0 Å². The summed E-state index contributed by atoms with van der Waals surface area (Å²) in [5, 5.41) is 3.16. The van der Waals surface area contributed by atoms with Crippen LogP contribution in [0.1, 0.15) is 19.1 Å². The van der Waals surface area contributed by atoms with Crippen LogP contribution in [0.25, 0.3) is 0 Å². The highest BCUT2D eigenvalue weighted by molar-refractivity contribution is 7.89. The van der Waals surface area contributed by atoms with E-state index in [9.17, 15) is 8.42 Å². The minimum atomic E-state index is -3.39. The molecular formula is C14H18N2O3S. The highest BCUT2D eigenvalue weighted by Crippen LogP contribution is 2.15. The molecule has 2 rings (SSSR count). The Bertz CT molecular complexity index is 619. The number of furan rings is 1. The normalized spacial score (nSPS) is 11.4. The van der Waals surface area contributed by atoms with Gasteiger partial charge in [0.1, 0.15) is 5.76 Å². The number of benzene rings is 1. The van der Waals surface area contributed by atoms with Crippen molar-refractivity contribution >= 4 is 15.7 Å². The van der Waals surface area contributed by atoms with E-state index in [0.29, 0.717) is 13.1 Å². The Balaban J connectivity index is 1.99. The molecule has 2 aromatic rings. The highest BCUT2D eigenvalue weighted by Gasteiger charge is 2.12. The number of hydrogen-bond acceptors (Lipinski definition) is 4. The van der Waals surface area contributed by atoms with Crippen LogP contribution in [0.4, 0.5) is 5.69 Å². The van der Waals surface area contributed by atoms with E-state index in [1.54, 1.807) is 30.5 Å². The fraction of sp³-hybridized carbons (Fsp3) is 0.286. The average Bonchev–Trinajstić information content (AvgIpc) is 2.97. The molecule has 0 amide bonds. The minimum absolute atomic E-state index is 0.273. The first-order valence-electron chi connectivity index (χ1n) is 6.48. The van der Waals surface area contributed by atoms with Crippen molar-refractivity contribution in [3.8, 4) is 0 Å². The maximum atomic E-state index is 11.9. The first-order chi connectivity index (χ1) is 9.62. The molecule has 0 radical (unpaired) electrons. The Morgan fingerprint density at radius 2 is 1.90 bits per heavy atom. The number of anilines is 1. The van der Waals surface area contributed by atoms with Gasteiger partial charge in [-0.25, -0.2) is 13.1 Å². The third-order valence-corrected chi connectivity index (χ3v) is 4.23. The van der Waals surface area contributed by atoms with Gasteiger partial charge in [0.05, 0.1) is 17.7 Å². The van der Waals surface area contributed by atoms with Crippen molar-refractivity contribution in [3.63, 3.8) is 0 Å². The van der Waals surface area contributed by atoms with E-state index >= 15 is 0 Å². The number of rotatable bonds is 7. The molecule has 0 atom stereocenters. The topological polar surface area (TPSA) is 71.3 Å². The van der Waals surface area contributed by atoms with Crippen LogP contribution < -0.4 is 10.0 Å². The largest absolute Gasteiger partial charge is 0.467 e. The van der Waals surface area contributed by atoms with Crippen LogP contribution >= 0.6 is 0 Å². The van der Waals surface area contributed by atoms with Crippen LogP contribution in [0.15, 0.2) is 52.0 Å². The Kier molecular flexibility index (Phi) is 4.81. The van der Waals surface area contributed by atoms with Crippen LogP contribution in [0, 0.1) is 0 Å². The van der Waals surface area contributed by atoms with Gasteiger partial charge in [0, 0.05) is 12.2 Å². The molecule has 0 fully saturated rings. The Labute approximate surface area is 119 Å². The zero-order valence-electron chi connectivity index (χ0n) is 11.3. The van der Waals surface area contributed by atoms with Crippen molar-refractivity contribution < 1.29 is 12.8 Å². The lowest BCUT2D eigenvalue weighted by Crippen LogP contribution is -2.24. The first kappa shape index (κ1) is 14.6. The second-order valence-electron chi connectivity index (χ2n) is 4.36. The second kappa shape index (κ2) is 6.58. The van der Waals surface area contributed by atoms with Gasteiger partial charge in [0.2, 0.25) is 10.0 Å². The molecule has 1 aromatic carbocycles. The lowest BCUT2D eigenvalue weighted by Gasteiger charge is -2.08. The zero-order valence-corrected chi connectivity index (χ0v) is 12.1. The molecule has 0 bridgehead atoms. The predicted octanol–water partition coefficient (Wildman–Crippen LogP) is 2.58.